The maximum absolute atomic E-state index is 5.35. The first-order valence-electron chi connectivity index (χ1n) is 6.37. The van der Waals surface area contributed by atoms with Gasteiger partial charge in [0, 0.05) is 26.2 Å². The van der Waals surface area contributed by atoms with E-state index in [1.807, 2.05) is 7.11 Å². The monoisotopic (exact) mass is 212 g/mol. The number of nitrogens with one attached hydrogen (secondary N) is 1. The molecular formula is C12H24N2O. The van der Waals surface area contributed by atoms with Crippen LogP contribution in [0.15, 0.2) is 0 Å². The lowest BCUT2D eigenvalue weighted by Gasteiger charge is -2.15. The molecule has 1 aliphatic heterocycles. The van der Waals surface area contributed by atoms with Crippen LogP contribution in [0.4, 0.5) is 0 Å². The fourth-order valence-electron chi connectivity index (χ4n) is 2.25. The predicted octanol–water partition coefficient (Wildman–Crippen LogP) is 1.24. The SMILES string of the molecule is COC1CCN(CCCCNC2CC2)C1. The van der Waals surface area contributed by atoms with E-state index >= 15 is 0 Å². The second kappa shape index (κ2) is 5.83. The molecule has 1 saturated heterocycles. The highest BCUT2D eigenvalue weighted by Crippen LogP contribution is 2.18. The van der Waals surface area contributed by atoms with Gasteiger partial charge >= 0.3 is 0 Å². The van der Waals surface area contributed by atoms with Crippen LogP contribution in [0.25, 0.3) is 0 Å². The van der Waals surface area contributed by atoms with Gasteiger partial charge in [-0.05, 0) is 45.2 Å². The van der Waals surface area contributed by atoms with Gasteiger partial charge in [0.05, 0.1) is 6.10 Å². The Balaban J connectivity index is 1.43. The average Bonchev–Trinajstić information content (AvgIpc) is 2.96. The van der Waals surface area contributed by atoms with Crippen molar-refractivity contribution in [1.29, 1.82) is 0 Å². The minimum atomic E-state index is 0.495. The summed E-state index contributed by atoms with van der Waals surface area (Å²) in [6.07, 6.45) is 7.18. The van der Waals surface area contributed by atoms with Gasteiger partial charge in [-0.3, -0.25) is 0 Å². The summed E-state index contributed by atoms with van der Waals surface area (Å²) in [7, 11) is 1.83. The van der Waals surface area contributed by atoms with Crippen LogP contribution in [0.1, 0.15) is 32.1 Å². The van der Waals surface area contributed by atoms with Crippen LogP contribution in [-0.4, -0.2) is 50.3 Å². The van der Waals surface area contributed by atoms with Gasteiger partial charge in [-0.1, -0.05) is 0 Å². The van der Waals surface area contributed by atoms with Crippen molar-refractivity contribution in [3.8, 4) is 0 Å². The molecule has 1 saturated carbocycles. The van der Waals surface area contributed by atoms with E-state index in [4.69, 9.17) is 4.74 Å². The molecule has 1 aliphatic carbocycles. The average molecular weight is 212 g/mol. The maximum Gasteiger partial charge on any atom is 0.0710 e. The first kappa shape index (κ1) is 11.4. The van der Waals surface area contributed by atoms with Gasteiger partial charge in [0.2, 0.25) is 0 Å². The topological polar surface area (TPSA) is 24.5 Å². The van der Waals surface area contributed by atoms with Gasteiger partial charge in [-0.25, -0.2) is 0 Å². The molecular weight excluding hydrogens is 188 g/mol. The molecule has 2 fully saturated rings. The lowest BCUT2D eigenvalue weighted by Crippen LogP contribution is -2.25. The lowest BCUT2D eigenvalue weighted by atomic mass is 10.3. The summed E-state index contributed by atoms with van der Waals surface area (Å²) in [4.78, 5) is 2.53. The first-order valence-corrected chi connectivity index (χ1v) is 6.37. The second-order valence-electron chi connectivity index (χ2n) is 4.88. The van der Waals surface area contributed by atoms with Crippen molar-refractivity contribution in [2.75, 3.05) is 33.3 Å². The number of hydrogen-bond donors (Lipinski definition) is 1. The molecule has 0 aromatic rings. The van der Waals surface area contributed by atoms with Gasteiger partial charge in [-0.2, -0.15) is 0 Å². The van der Waals surface area contributed by atoms with Crippen LogP contribution in [0.3, 0.4) is 0 Å². The summed E-state index contributed by atoms with van der Waals surface area (Å²) < 4.78 is 5.35. The largest absolute Gasteiger partial charge is 0.380 e. The van der Waals surface area contributed by atoms with Crippen molar-refractivity contribution in [2.24, 2.45) is 0 Å². The quantitative estimate of drug-likeness (QED) is 0.643. The van der Waals surface area contributed by atoms with Crippen molar-refractivity contribution in [3.05, 3.63) is 0 Å². The maximum atomic E-state index is 5.35. The minimum Gasteiger partial charge on any atom is -0.380 e. The molecule has 2 rings (SSSR count). The summed E-state index contributed by atoms with van der Waals surface area (Å²) >= 11 is 0. The van der Waals surface area contributed by atoms with Crippen molar-refractivity contribution in [2.45, 2.75) is 44.2 Å². The van der Waals surface area contributed by atoms with E-state index in [1.165, 1.54) is 51.7 Å². The van der Waals surface area contributed by atoms with E-state index in [0.717, 1.165) is 12.6 Å². The summed E-state index contributed by atoms with van der Waals surface area (Å²) in [6, 6.07) is 0.870. The van der Waals surface area contributed by atoms with Crippen molar-refractivity contribution >= 4 is 0 Å². The van der Waals surface area contributed by atoms with Gasteiger partial charge in [0.25, 0.3) is 0 Å². The van der Waals surface area contributed by atoms with Gasteiger partial charge in [0.1, 0.15) is 0 Å². The third-order valence-electron chi connectivity index (χ3n) is 3.47. The molecule has 88 valence electrons. The first-order chi connectivity index (χ1) is 7.38. The highest BCUT2D eigenvalue weighted by Gasteiger charge is 2.21. The van der Waals surface area contributed by atoms with Gasteiger partial charge in [-0.15, -0.1) is 0 Å². The van der Waals surface area contributed by atoms with E-state index in [2.05, 4.69) is 10.2 Å². The zero-order valence-corrected chi connectivity index (χ0v) is 9.87. The van der Waals surface area contributed by atoms with Crippen molar-refractivity contribution in [3.63, 3.8) is 0 Å². The predicted molar refractivity (Wildman–Crippen MR) is 62.1 cm³/mol. The number of methoxy groups -OCH3 is 1. The summed E-state index contributed by atoms with van der Waals surface area (Å²) in [5.74, 6) is 0. The van der Waals surface area contributed by atoms with Crippen LogP contribution < -0.4 is 5.32 Å². The number of rotatable bonds is 7. The minimum absolute atomic E-state index is 0.495. The highest BCUT2D eigenvalue weighted by molar-refractivity contribution is 4.80. The molecule has 1 N–H and O–H groups in total. The van der Waals surface area contributed by atoms with Crippen LogP contribution in [0, 0.1) is 0 Å². The summed E-state index contributed by atoms with van der Waals surface area (Å²) in [5, 5.41) is 3.56. The Bertz CT molecular complexity index is 182. The van der Waals surface area contributed by atoms with Crippen LogP contribution >= 0.6 is 0 Å². The van der Waals surface area contributed by atoms with E-state index in [0.29, 0.717) is 6.10 Å². The molecule has 1 unspecified atom stereocenters. The molecule has 0 bridgehead atoms. The smallest absolute Gasteiger partial charge is 0.0710 e. The molecule has 0 aromatic heterocycles. The Labute approximate surface area is 93.2 Å². The Hall–Kier alpha value is -0.120. The van der Waals surface area contributed by atoms with Gasteiger partial charge < -0.3 is 15.0 Å². The van der Waals surface area contributed by atoms with Crippen molar-refractivity contribution < 1.29 is 4.74 Å². The van der Waals surface area contributed by atoms with Crippen LogP contribution in [0.2, 0.25) is 0 Å². The van der Waals surface area contributed by atoms with E-state index < -0.39 is 0 Å². The van der Waals surface area contributed by atoms with E-state index in [1.54, 1.807) is 0 Å². The fraction of sp³-hybridized carbons (Fsp3) is 1.00. The normalized spacial score (nSPS) is 27.4. The molecule has 3 heteroatoms. The Morgan fingerprint density at radius 2 is 2.13 bits per heavy atom. The molecule has 1 heterocycles. The summed E-state index contributed by atoms with van der Waals surface area (Å²) in [6.45, 7) is 4.85. The lowest BCUT2D eigenvalue weighted by molar-refractivity contribution is 0.108. The van der Waals surface area contributed by atoms with Crippen molar-refractivity contribution in [1.82, 2.24) is 10.2 Å². The molecule has 0 aromatic carbocycles. The molecule has 3 nitrogen and oxygen atoms in total. The molecule has 15 heavy (non-hydrogen) atoms. The molecule has 0 spiro atoms. The van der Waals surface area contributed by atoms with Gasteiger partial charge in [0.15, 0.2) is 0 Å². The molecule has 1 atom stereocenters. The Kier molecular flexibility index (Phi) is 4.42. The number of unbranched alkanes of at least 4 members (excludes halogenated alkanes) is 1. The van der Waals surface area contributed by atoms with E-state index in [9.17, 15) is 0 Å². The standard InChI is InChI=1S/C12H24N2O/c1-15-12-6-9-14(10-12)8-3-2-7-13-11-4-5-11/h11-13H,2-10H2,1H3. The Morgan fingerprint density at radius 1 is 1.27 bits per heavy atom. The Morgan fingerprint density at radius 3 is 2.80 bits per heavy atom. The van der Waals surface area contributed by atoms with Crippen LogP contribution in [-0.2, 0) is 4.74 Å². The third-order valence-corrected chi connectivity index (χ3v) is 3.47. The summed E-state index contributed by atoms with van der Waals surface area (Å²) in [5.41, 5.74) is 0. The number of nitrogens with zero attached hydrogens (tertiary/aromatic N) is 1. The zero-order valence-electron chi connectivity index (χ0n) is 9.87. The second-order valence-corrected chi connectivity index (χ2v) is 4.88. The molecule has 2 aliphatic rings. The highest BCUT2D eigenvalue weighted by atomic mass is 16.5. The zero-order chi connectivity index (χ0) is 10.5. The molecule has 0 amide bonds. The number of hydrogen-bond acceptors (Lipinski definition) is 3. The number of ether oxygens (including phenoxy) is 1. The van der Waals surface area contributed by atoms with E-state index in [-0.39, 0.29) is 0 Å². The fourth-order valence-corrected chi connectivity index (χ4v) is 2.25. The molecule has 0 radical (unpaired) electrons. The van der Waals surface area contributed by atoms with Crippen LogP contribution in [0.5, 0.6) is 0 Å². The number of likely N-dealkylation sites (tertiary alicyclic amines) is 1. The third kappa shape index (κ3) is 4.09.